The Bertz CT molecular complexity index is 419. The minimum absolute atomic E-state index is 0.573. The third-order valence-electron chi connectivity index (χ3n) is 1.76. The number of rotatable bonds is 3. The zero-order chi connectivity index (χ0) is 9.97. The van der Waals surface area contributed by atoms with Crippen LogP contribution in [0.4, 0.5) is 0 Å². The minimum Gasteiger partial charge on any atom is -0.338 e. The van der Waals surface area contributed by atoms with E-state index >= 15 is 0 Å². The van der Waals surface area contributed by atoms with Gasteiger partial charge in [0.15, 0.2) is 0 Å². The molecule has 74 valence electrons. The van der Waals surface area contributed by atoms with Crippen LogP contribution in [0.2, 0.25) is 0 Å². The van der Waals surface area contributed by atoms with E-state index in [4.69, 9.17) is 4.52 Å². The molecule has 2 heterocycles. The summed E-state index contributed by atoms with van der Waals surface area (Å²) in [5, 5.41) is 10.8. The Morgan fingerprint density at radius 3 is 3.07 bits per heavy atom. The number of hydrogen-bond donors (Lipinski definition) is 1. The van der Waals surface area contributed by atoms with Gasteiger partial charge in [0, 0.05) is 13.2 Å². The normalized spacial score (nSPS) is 10.7. The average molecular weight is 193 g/mol. The topological polar surface area (TPSA) is 68.8 Å². The fourth-order valence-electron chi connectivity index (χ4n) is 1.13. The van der Waals surface area contributed by atoms with Crippen LogP contribution in [0.15, 0.2) is 16.9 Å². The molecular weight excluding hydrogens is 182 g/mol. The molecule has 0 spiro atoms. The quantitative estimate of drug-likeness (QED) is 0.753. The van der Waals surface area contributed by atoms with E-state index < -0.39 is 0 Å². The van der Waals surface area contributed by atoms with Crippen LogP contribution in [0.1, 0.15) is 5.89 Å². The summed E-state index contributed by atoms with van der Waals surface area (Å²) in [6.45, 7) is 0.577. The zero-order valence-electron chi connectivity index (χ0n) is 8.06. The van der Waals surface area contributed by atoms with Crippen molar-refractivity contribution >= 4 is 0 Å². The SMILES string of the molecule is CNCc1nc(-c2cnn(C)c2)no1. The highest BCUT2D eigenvalue weighted by Crippen LogP contribution is 2.13. The molecular formula is C8H11N5O. The molecule has 6 heteroatoms. The molecule has 1 N–H and O–H groups in total. The Hall–Kier alpha value is -1.69. The van der Waals surface area contributed by atoms with E-state index in [1.165, 1.54) is 0 Å². The van der Waals surface area contributed by atoms with Gasteiger partial charge in [-0.25, -0.2) is 0 Å². The molecule has 0 amide bonds. The molecule has 0 fully saturated rings. The second-order valence-corrected chi connectivity index (χ2v) is 2.94. The Kier molecular flexibility index (Phi) is 2.28. The summed E-state index contributed by atoms with van der Waals surface area (Å²) >= 11 is 0. The van der Waals surface area contributed by atoms with E-state index in [1.54, 1.807) is 10.9 Å². The standard InChI is InChI=1S/C8H11N5O/c1-9-4-7-11-8(12-14-7)6-3-10-13(2)5-6/h3,5,9H,4H2,1-2H3. The van der Waals surface area contributed by atoms with Gasteiger partial charge < -0.3 is 9.84 Å². The first-order chi connectivity index (χ1) is 6.79. The maximum absolute atomic E-state index is 5.01. The van der Waals surface area contributed by atoms with Crippen molar-refractivity contribution in [2.45, 2.75) is 6.54 Å². The Labute approximate surface area is 80.9 Å². The van der Waals surface area contributed by atoms with Gasteiger partial charge in [-0.15, -0.1) is 0 Å². The number of nitrogens with zero attached hydrogens (tertiary/aromatic N) is 4. The first kappa shape index (κ1) is 8.89. The molecule has 0 bridgehead atoms. The van der Waals surface area contributed by atoms with Crippen LogP contribution in [-0.2, 0) is 13.6 Å². The first-order valence-electron chi connectivity index (χ1n) is 4.26. The summed E-state index contributed by atoms with van der Waals surface area (Å²) in [5.41, 5.74) is 0.860. The molecule has 0 aliphatic carbocycles. The van der Waals surface area contributed by atoms with Gasteiger partial charge in [0.2, 0.25) is 11.7 Å². The molecule has 2 aromatic heterocycles. The first-order valence-corrected chi connectivity index (χ1v) is 4.26. The van der Waals surface area contributed by atoms with Crippen LogP contribution in [0.3, 0.4) is 0 Å². The molecule has 0 saturated heterocycles. The summed E-state index contributed by atoms with van der Waals surface area (Å²) in [7, 11) is 3.67. The zero-order valence-corrected chi connectivity index (χ0v) is 8.06. The largest absolute Gasteiger partial charge is 0.338 e. The highest BCUT2D eigenvalue weighted by molar-refractivity contribution is 5.50. The predicted octanol–water partition coefficient (Wildman–Crippen LogP) is 0.189. The summed E-state index contributed by atoms with van der Waals surface area (Å²) < 4.78 is 6.71. The number of hydrogen-bond acceptors (Lipinski definition) is 5. The van der Waals surface area contributed by atoms with Crippen LogP contribution < -0.4 is 5.32 Å². The van der Waals surface area contributed by atoms with E-state index in [0.29, 0.717) is 18.3 Å². The van der Waals surface area contributed by atoms with Crippen LogP contribution in [-0.4, -0.2) is 27.0 Å². The molecule has 0 aromatic carbocycles. The van der Waals surface area contributed by atoms with Crippen molar-refractivity contribution < 1.29 is 4.52 Å². The van der Waals surface area contributed by atoms with Crippen LogP contribution in [0.5, 0.6) is 0 Å². The Morgan fingerprint density at radius 1 is 1.57 bits per heavy atom. The lowest BCUT2D eigenvalue weighted by Crippen LogP contribution is -2.04. The lowest BCUT2D eigenvalue weighted by atomic mass is 10.3. The van der Waals surface area contributed by atoms with Gasteiger partial charge in [0.05, 0.1) is 18.3 Å². The van der Waals surface area contributed by atoms with E-state index in [0.717, 1.165) is 5.56 Å². The fraction of sp³-hybridized carbons (Fsp3) is 0.375. The van der Waals surface area contributed by atoms with Crippen molar-refractivity contribution in [3.8, 4) is 11.4 Å². The van der Waals surface area contributed by atoms with Gasteiger partial charge in [-0.2, -0.15) is 10.1 Å². The molecule has 0 saturated carbocycles. The van der Waals surface area contributed by atoms with Crippen molar-refractivity contribution in [2.75, 3.05) is 7.05 Å². The van der Waals surface area contributed by atoms with Crippen molar-refractivity contribution in [2.24, 2.45) is 7.05 Å². The second-order valence-electron chi connectivity index (χ2n) is 2.94. The predicted molar refractivity (Wildman–Crippen MR) is 49.3 cm³/mol. The Morgan fingerprint density at radius 2 is 2.43 bits per heavy atom. The second kappa shape index (κ2) is 3.59. The van der Waals surface area contributed by atoms with Crippen LogP contribution in [0, 0.1) is 0 Å². The highest BCUT2D eigenvalue weighted by Gasteiger charge is 2.08. The third kappa shape index (κ3) is 1.64. The van der Waals surface area contributed by atoms with Crippen molar-refractivity contribution in [3.63, 3.8) is 0 Å². The third-order valence-corrected chi connectivity index (χ3v) is 1.76. The molecule has 0 atom stereocenters. The molecule has 0 aliphatic heterocycles. The summed E-state index contributed by atoms with van der Waals surface area (Å²) in [6, 6.07) is 0. The summed E-state index contributed by atoms with van der Waals surface area (Å²) in [5.74, 6) is 1.15. The van der Waals surface area contributed by atoms with E-state index in [9.17, 15) is 0 Å². The smallest absolute Gasteiger partial charge is 0.240 e. The number of aryl methyl sites for hydroxylation is 1. The van der Waals surface area contributed by atoms with Gasteiger partial charge in [0.25, 0.3) is 0 Å². The maximum atomic E-state index is 5.01. The van der Waals surface area contributed by atoms with Gasteiger partial charge in [-0.1, -0.05) is 5.16 Å². The highest BCUT2D eigenvalue weighted by atomic mass is 16.5. The Balaban J connectivity index is 2.24. The lowest BCUT2D eigenvalue weighted by molar-refractivity contribution is 0.372. The maximum Gasteiger partial charge on any atom is 0.240 e. The van der Waals surface area contributed by atoms with E-state index in [2.05, 4.69) is 20.6 Å². The van der Waals surface area contributed by atoms with Crippen molar-refractivity contribution in [1.82, 2.24) is 25.2 Å². The molecule has 0 aliphatic rings. The summed E-state index contributed by atoms with van der Waals surface area (Å²) in [6.07, 6.45) is 3.54. The van der Waals surface area contributed by atoms with Crippen molar-refractivity contribution in [1.29, 1.82) is 0 Å². The van der Waals surface area contributed by atoms with Gasteiger partial charge in [-0.3, -0.25) is 4.68 Å². The van der Waals surface area contributed by atoms with Gasteiger partial charge in [-0.05, 0) is 7.05 Å². The molecule has 0 unspecified atom stereocenters. The summed E-state index contributed by atoms with van der Waals surface area (Å²) in [4.78, 5) is 4.19. The van der Waals surface area contributed by atoms with E-state index in [1.807, 2.05) is 20.3 Å². The monoisotopic (exact) mass is 193 g/mol. The molecule has 2 rings (SSSR count). The number of aromatic nitrogens is 4. The molecule has 2 aromatic rings. The van der Waals surface area contributed by atoms with Crippen LogP contribution in [0.25, 0.3) is 11.4 Å². The van der Waals surface area contributed by atoms with Crippen LogP contribution >= 0.6 is 0 Å². The van der Waals surface area contributed by atoms with Gasteiger partial charge in [0.1, 0.15) is 0 Å². The van der Waals surface area contributed by atoms with E-state index in [-0.39, 0.29) is 0 Å². The fourth-order valence-corrected chi connectivity index (χ4v) is 1.13. The van der Waals surface area contributed by atoms with Gasteiger partial charge >= 0.3 is 0 Å². The average Bonchev–Trinajstić information content (AvgIpc) is 2.74. The molecule has 6 nitrogen and oxygen atoms in total. The van der Waals surface area contributed by atoms with Crippen molar-refractivity contribution in [3.05, 3.63) is 18.3 Å². The lowest BCUT2D eigenvalue weighted by Gasteiger charge is -1.86. The minimum atomic E-state index is 0.573. The molecule has 14 heavy (non-hydrogen) atoms. The number of nitrogens with one attached hydrogen (secondary N) is 1. The molecule has 0 radical (unpaired) electrons.